The highest BCUT2D eigenvalue weighted by Crippen LogP contribution is 2.23. The molecule has 6 heteroatoms. The van der Waals surface area contributed by atoms with Crippen LogP contribution in [-0.4, -0.2) is 27.4 Å². The summed E-state index contributed by atoms with van der Waals surface area (Å²) >= 11 is 1.40. The largest absolute Gasteiger partial charge is 0.322 e. The van der Waals surface area contributed by atoms with E-state index in [0.717, 1.165) is 21.8 Å². The van der Waals surface area contributed by atoms with Gasteiger partial charge in [-0.05, 0) is 28.7 Å². The Labute approximate surface area is 163 Å². The molecule has 0 saturated heterocycles. The van der Waals surface area contributed by atoms with Crippen LogP contribution in [0.1, 0.15) is 31.9 Å². The first kappa shape index (κ1) is 19.2. The predicted octanol–water partition coefficient (Wildman–Crippen LogP) is 4.11. The number of imidazole rings is 1. The Bertz CT molecular complexity index is 968. The van der Waals surface area contributed by atoms with Crippen LogP contribution in [0.25, 0.3) is 11.0 Å². The van der Waals surface area contributed by atoms with Crippen LogP contribution in [0, 0.1) is 0 Å². The molecule has 1 heterocycles. The number of thioether (sulfide) groups is 1. The van der Waals surface area contributed by atoms with Gasteiger partial charge in [0.15, 0.2) is 5.16 Å². The maximum Gasteiger partial charge on any atom is 0.250 e. The molecule has 3 aromatic rings. The number of para-hydroxylation sites is 2. The number of aryl methyl sites for hydroxylation is 1. The van der Waals surface area contributed by atoms with Crippen molar-refractivity contribution in [3.05, 3.63) is 59.7 Å². The van der Waals surface area contributed by atoms with Crippen LogP contribution in [0.15, 0.2) is 58.8 Å². The summed E-state index contributed by atoms with van der Waals surface area (Å²) in [6.45, 7) is 6.54. The molecule has 0 bridgehead atoms. The van der Waals surface area contributed by atoms with Crippen molar-refractivity contribution in [2.75, 3.05) is 5.75 Å². The second-order valence-electron chi connectivity index (χ2n) is 7.40. The fraction of sp³-hybridized carbons (Fsp3) is 0.286. The van der Waals surface area contributed by atoms with Crippen molar-refractivity contribution in [3.8, 4) is 0 Å². The number of nitrogens with zero attached hydrogens (tertiary/aromatic N) is 3. The molecule has 2 aromatic carbocycles. The molecule has 0 fully saturated rings. The highest BCUT2D eigenvalue weighted by Gasteiger charge is 2.12. The van der Waals surface area contributed by atoms with Gasteiger partial charge in [0.25, 0.3) is 5.91 Å². The number of hydrazone groups is 1. The molecule has 0 aliphatic rings. The van der Waals surface area contributed by atoms with Crippen molar-refractivity contribution in [2.24, 2.45) is 12.1 Å². The molecular weight excluding hydrogens is 356 g/mol. The van der Waals surface area contributed by atoms with Gasteiger partial charge in [0.05, 0.1) is 23.0 Å². The Morgan fingerprint density at radius 2 is 1.89 bits per heavy atom. The van der Waals surface area contributed by atoms with E-state index >= 15 is 0 Å². The zero-order valence-electron chi connectivity index (χ0n) is 16.1. The standard InChI is InChI=1S/C21H24N4OS/c1-21(2,3)16-11-9-15(10-12-16)13-22-24-19(26)14-27-20-23-17-7-5-6-8-18(17)25(20)4/h5-13H,14H2,1-4H3,(H,24,26)/b22-13+. The molecule has 0 radical (unpaired) electrons. The minimum atomic E-state index is -0.158. The lowest BCUT2D eigenvalue weighted by molar-refractivity contribution is -0.118. The van der Waals surface area contributed by atoms with E-state index in [1.165, 1.54) is 17.3 Å². The molecule has 140 valence electrons. The lowest BCUT2D eigenvalue weighted by Crippen LogP contribution is -2.19. The Balaban J connectivity index is 1.53. The molecule has 0 unspecified atom stereocenters. The van der Waals surface area contributed by atoms with Crippen LogP contribution in [0.5, 0.6) is 0 Å². The first-order chi connectivity index (χ1) is 12.8. The fourth-order valence-electron chi connectivity index (χ4n) is 2.66. The Hall–Kier alpha value is -2.60. The monoisotopic (exact) mass is 380 g/mol. The first-order valence-corrected chi connectivity index (χ1v) is 9.80. The zero-order valence-corrected chi connectivity index (χ0v) is 16.9. The summed E-state index contributed by atoms with van der Waals surface area (Å²) < 4.78 is 1.99. The second kappa shape index (κ2) is 7.96. The lowest BCUT2D eigenvalue weighted by atomic mass is 9.87. The van der Waals surface area contributed by atoms with E-state index in [0.29, 0.717) is 0 Å². The highest BCUT2D eigenvalue weighted by atomic mass is 32.2. The number of nitrogens with one attached hydrogen (secondary N) is 1. The summed E-state index contributed by atoms with van der Waals surface area (Å²) in [5, 5.41) is 4.86. The molecule has 0 atom stereocenters. The average molecular weight is 381 g/mol. The summed E-state index contributed by atoms with van der Waals surface area (Å²) in [4.78, 5) is 16.6. The quantitative estimate of drug-likeness (QED) is 0.412. The molecule has 27 heavy (non-hydrogen) atoms. The Kier molecular flexibility index (Phi) is 5.65. The topological polar surface area (TPSA) is 59.3 Å². The van der Waals surface area contributed by atoms with Crippen LogP contribution in [0.4, 0.5) is 0 Å². The molecule has 3 rings (SSSR count). The van der Waals surface area contributed by atoms with Gasteiger partial charge in [0, 0.05) is 7.05 Å². The summed E-state index contributed by atoms with van der Waals surface area (Å²) in [6, 6.07) is 16.1. The van der Waals surface area contributed by atoms with Crippen molar-refractivity contribution in [1.29, 1.82) is 0 Å². The molecule has 1 N–H and O–H groups in total. The second-order valence-corrected chi connectivity index (χ2v) is 8.34. The van der Waals surface area contributed by atoms with E-state index in [9.17, 15) is 4.79 Å². The van der Waals surface area contributed by atoms with Gasteiger partial charge in [0.1, 0.15) is 0 Å². The van der Waals surface area contributed by atoms with E-state index in [1.54, 1.807) is 6.21 Å². The molecule has 1 amide bonds. The number of carbonyl (C=O) groups excluding carboxylic acids is 1. The molecule has 0 aliphatic carbocycles. The van der Waals surface area contributed by atoms with E-state index in [-0.39, 0.29) is 17.1 Å². The van der Waals surface area contributed by atoms with Crippen molar-refractivity contribution < 1.29 is 4.79 Å². The minimum absolute atomic E-state index is 0.122. The van der Waals surface area contributed by atoms with Gasteiger partial charge in [0.2, 0.25) is 0 Å². The predicted molar refractivity (Wildman–Crippen MR) is 112 cm³/mol. The van der Waals surface area contributed by atoms with Crippen LogP contribution >= 0.6 is 11.8 Å². The lowest BCUT2D eigenvalue weighted by Gasteiger charge is -2.18. The van der Waals surface area contributed by atoms with Crippen molar-refractivity contribution >= 4 is 34.9 Å². The van der Waals surface area contributed by atoms with Gasteiger partial charge in [-0.1, -0.05) is 68.9 Å². The number of benzene rings is 2. The van der Waals surface area contributed by atoms with Gasteiger partial charge in [-0.2, -0.15) is 5.10 Å². The Morgan fingerprint density at radius 1 is 1.19 bits per heavy atom. The van der Waals surface area contributed by atoms with Crippen molar-refractivity contribution in [3.63, 3.8) is 0 Å². The smallest absolute Gasteiger partial charge is 0.250 e. The molecule has 0 saturated carbocycles. The van der Waals surface area contributed by atoms with Crippen LogP contribution in [0.2, 0.25) is 0 Å². The van der Waals surface area contributed by atoms with E-state index in [2.05, 4.69) is 48.4 Å². The molecule has 5 nitrogen and oxygen atoms in total. The number of hydrogen-bond donors (Lipinski definition) is 1. The highest BCUT2D eigenvalue weighted by molar-refractivity contribution is 7.99. The van der Waals surface area contributed by atoms with Crippen LogP contribution in [-0.2, 0) is 17.3 Å². The van der Waals surface area contributed by atoms with E-state index in [4.69, 9.17) is 0 Å². The summed E-state index contributed by atoms with van der Waals surface area (Å²) in [5.74, 6) is 0.104. The van der Waals surface area contributed by atoms with E-state index in [1.807, 2.05) is 48.0 Å². The third-order valence-electron chi connectivity index (χ3n) is 4.26. The Morgan fingerprint density at radius 3 is 2.56 bits per heavy atom. The van der Waals surface area contributed by atoms with Gasteiger partial charge < -0.3 is 4.57 Å². The van der Waals surface area contributed by atoms with E-state index < -0.39 is 0 Å². The van der Waals surface area contributed by atoms with Gasteiger partial charge >= 0.3 is 0 Å². The third kappa shape index (κ3) is 4.77. The van der Waals surface area contributed by atoms with Crippen LogP contribution in [0.3, 0.4) is 0 Å². The normalized spacial score (nSPS) is 12.0. The van der Waals surface area contributed by atoms with Gasteiger partial charge in [-0.3, -0.25) is 4.79 Å². The molecular formula is C21H24N4OS. The van der Waals surface area contributed by atoms with Gasteiger partial charge in [-0.25, -0.2) is 10.4 Å². The van der Waals surface area contributed by atoms with Crippen molar-refractivity contribution in [2.45, 2.75) is 31.3 Å². The maximum atomic E-state index is 12.0. The average Bonchev–Trinajstić information content (AvgIpc) is 2.96. The number of hydrogen-bond acceptors (Lipinski definition) is 4. The SMILES string of the molecule is Cn1c(SCC(=O)N/N=C/c2ccc(C(C)(C)C)cc2)nc2ccccc21. The zero-order chi connectivity index (χ0) is 19.4. The number of fused-ring (bicyclic) bond motifs is 1. The number of carbonyl (C=O) groups is 1. The third-order valence-corrected chi connectivity index (χ3v) is 5.29. The first-order valence-electron chi connectivity index (χ1n) is 8.81. The van der Waals surface area contributed by atoms with Crippen molar-refractivity contribution in [1.82, 2.24) is 15.0 Å². The molecule has 0 aliphatic heterocycles. The minimum Gasteiger partial charge on any atom is -0.322 e. The summed E-state index contributed by atoms with van der Waals surface area (Å²) in [7, 11) is 1.95. The molecule has 0 spiro atoms. The number of aromatic nitrogens is 2. The number of rotatable bonds is 5. The summed E-state index contributed by atoms with van der Waals surface area (Å²) in [5.41, 5.74) is 6.89. The summed E-state index contributed by atoms with van der Waals surface area (Å²) in [6.07, 6.45) is 1.66. The maximum absolute atomic E-state index is 12.0. The van der Waals surface area contributed by atoms with Gasteiger partial charge in [-0.15, -0.1) is 0 Å². The number of amides is 1. The van der Waals surface area contributed by atoms with Crippen LogP contribution < -0.4 is 5.43 Å². The fourth-order valence-corrected chi connectivity index (χ4v) is 3.44. The molecule has 1 aromatic heterocycles.